The molecule has 7 rings (SSSR count). The number of benzene rings is 7. The number of azo groups is 1. The number of carbonyl (C=O) groups is 5. The SMILES string of the molecule is C=CC(=O)OCCCOc1ccc2cc(C(=O)Oc3ccc(/C=C/C(=O)Oc4ccc(OC(=O)CCc5ccc(OCCCCCCOC(=O)C(=C)C)cc5)c(-c5ccc(/N=N/c6ccc(CCC)cc6F)cc5)c4C)cc3C)ccc2c1. The second-order valence-corrected chi connectivity index (χ2v) is 19.6. The van der Waals surface area contributed by atoms with Crippen molar-refractivity contribution in [1.29, 1.82) is 0 Å². The highest BCUT2D eigenvalue weighted by Crippen LogP contribution is 2.40. The van der Waals surface area contributed by atoms with E-state index in [2.05, 4.69) is 23.4 Å². The molecular weight excluding hydrogens is 1060 g/mol. The molecule has 14 nitrogen and oxygen atoms in total. The van der Waals surface area contributed by atoms with Gasteiger partial charge in [-0.1, -0.05) is 75.0 Å². The fraction of sp³-hybridized carbons (Fsp3) is 0.250. The number of esters is 5. The Morgan fingerprint density at radius 3 is 2.01 bits per heavy atom. The number of hydrogen-bond donors (Lipinski definition) is 0. The normalized spacial score (nSPS) is 11.1. The highest BCUT2D eigenvalue weighted by molar-refractivity contribution is 5.97. The summed E-state index contributed by atoms with van der Waals surface area (Å²) in [5.41, 5.74) is 6.07. The van der Waals surface area contributed by atoms with Crippen molar-refractivity contribution in [1.82, 2.24) is 0 Å². The van der Waals surface area contributed by atoms with Gasteiger partial charge in [0.2, 0.25) is 0 Å². The van der Waals surface area contributed by atoms with E-state index in [-0.39, 0.29) is 36.2 Å². The standard InChI is InChI=1S/C68H67FN2O12/c1-7-14-49-17-31-59(58(69)42-49)71-70-55-26-23-51(24-27-55)66-47(6)61(33-34-62(66)82-65(74)35-19-48-15-28-56(29-16-48)77-37-11-9-10-12-38-80-67(75)45(3)4)81-64(73)36-20-50-18-32-60(46(5)41-50)83-68(76)54-22-21-53-44-57(30-25-52(53)43-54)78-39-13-40-79-63(72)8-2/h8,15-18,20-34,36,41-44H,2-3,7,9-14,19,35,37-40H2,1,4-6H3/b36-20+,71-70+. The Morgan fingerprint density at radius 1 is 0.602 bits per heavy atom. The summed E-state index contributed by atoms with van der Waals surface area (Å²) < 4.78 is 54.4. The Morgan fingerprint density at radius 2 is 1.28 bits per heavy atom. The van der Waals surface area contributed by atoms with Crippen LogP contribution in [0.25, 0.3) is 28.0 Å². The number of aryl methyl sites for hydroxylation is 3. The third kappa shape index (κ3) is 18.8. The van der Waals surface area contributed by atoms with Crippen LogP contribution < -0.4 is 23.7 Å². The molecule has 0 aliphatic rings. The molecule has 0 radical (unpaired) electrons. The first kappa shape index (κ1) is 61.1. The number of nitrogens with zero attached hydrogens (tertiary/aromatic N) is 2. The zero-order chi connectivity index (χ0) is 59.1. The number of carbonyl (C=O) groups excluding carboxylic acids is 5. The fourth-order valence-corrected chi connectivity index (χ4v) is 8.59. The maximum atomic E-state index is 14.8. The molecule has 0 saturated heterocycles. The van der Waals surface area contributed by atoms with E-state index in [1.807, 2.05) is 55.5 Å². The lowest BCUT2D eigenvalue weighted by atomic mass is 9.98. The highest BCUT2D eigenvalue weighted by atomic mass is 19.1. The fourth-order valence-electron chi connectivity index (χ4n) is 8.59. The van der Waals surface area contributed by atoms with Crippen LogP contribution in [0.15, 0.2) is 175 Å². The molecule has 0 saturated carbocycles. The van der Waals surface area contributed by atoms with Crippen LogP contribution in [0.5, 0.6) is 28.7 Å². The molecule has 83 heavy (non-hydrogen) atoms. The first-order chi connectivity index (χ1) is 40.2. The first-order valence-corrected chi connectivity index (χ1v) is 27.5. The summed E-state index contributed by atoms with van der Waals surface area (Å²) in [6, 6.07) is 38.5. The minimum atomic E-state index is -0.670. The van der Waals surface area contributed by atoms with Crippen LogP contribution in [-0.2, 0) is 41.5 Å². The van der Waals surface area contributed by atoms with Gasteiger partial charge in [-0.15, -0.1) is 5.11 Å². The molecule has 7 aromatic carbocycles. The number of unbranched alkanes of at least 4 members (excludes halogenated alkanes) is 3. The quantitative estimate of drug-likeness (QED) is 0.0143. The highest BCUT2D eigenvalue weighted by Gasteiger charge is 2.20. The Bertz CT molecular complexity index is 3510. The van der Waals surface area contributed by atoms with Crippen LogP contribution in [0, 0.1) is 19.7 Å². The van der Waals surface area contributed by atoms with Crippen LogP contribution in [0.4, 0.5) is 15.8 Å². The van der Waals surface area contributed by atoms with Crippen LogP contribution in [0.2, 0.25) is 0 Å². The molecule has 0 fully saturated rings. The smallest absolute Gasteiger partial charge is 0.343 e. The summed E-state index contributed by atoms with van der Waals surface area (Å²) in [6.07, 6.45) is 10.1. The van der Waals surface area contributed by atoms with E-state index < -0.39 is 29.7 Å². The van der Waals surface area contributed by atoms with E-state index in [1.54, 1.807) is 106 Å². The molecule has 0 amide bonds. The van der Waals surface area contributed by atoms with Gasteiger partial charge in [0.25, 0.3) is 0 Å². The van der Waals surface area contributed by atoms with Crippen LogP contribution >= 0.6 is 0 Å². The molecular formula is C68H67FN2O12. The molecule has 0 spiro atoms. The average Bonchev–Trinajstić information content (AvgIpc) is 3.65. The van der Waals surface area contributed by atoms with Gasteiger partial charge in [-0.05, 0) is 189 Å². The summed E-state index contributed by atoms with van der Waals surface area (Å²) in [5.74, 6) is -0.817. The minimum absolute atomic E-state index is 0.0740. The average molecular weight is 1120 g/mol. The molecule has 0 unspecified atom stereocenters. The number of ether oxygens (including phenoxy) is 7. The predicted octanol–water partition coefficient (Wildman–Crippen LogP) is 15.6. The summed E-state index contributed by atoms with van der Waals surface area (Å²) in [4.78, 5) is 63.0. The van der Waals surface area contributed by atoms with Gasteiger partial charge >= 0.3 is 29.8 Å². The zero-order valence-corrected chi connectivity index (χ0v) is 47.2. The first-order valence-electron chi connectivity index (χ1n) is 27.5. The van der Waals surface area contributed by atoms with E-state index in [0.29, 0.717) is 88.8 Å². The van der Waals surface area contributed by atoms with Gasteiger partial charge in [-0.2, -0.15) is 5.11 Å². The number of fused-ring (bicyclic) bond motifs is 1. The van der Waals surface area contributed by atoms with E-state index in [4.69, 9.17) is 33.2 Å². The molecule has 0 aromatic heterocycles. The van der Waals surface area contributed by atoms with Gasteiger partial charge in [-0.3, -0.25) is 4.79 Å². The van der Waals surface area contributed by atoms with E-state index >= 15 is 0 Å². The van der Waals surface area contributed by atoms with Crippen molar-refractivity contribution in [3.05, 3.63) is 204 Å². The van der Waals surface area contributed by atoms with Crippen LogP contribution in [0.3, 0.4) is 0 Å². The molecule has 0 aliphatic carbocycles. The second-order valence-electron chi connectivity index (χ2n) is 19.6. The maximum Gasteiger partial charge on any atom is 0.343 e. The molecule has 0 aliphatic heterocycles. The van der Waals surface area contributed by atoms with E-state index in [0.717, 1.165) is 72.2 Å². The lowest BCUT2D eigenvalue weighted by Gasteiger charge is -2.16. The topological polar surface area (TPSA) is 175 Å². The molecule has 7 aromatic rings. The summed E-state index contributed by atoms with van der Waals surface area (Å²) in [5, 5.41) is 10.1. The number of halogens is 1. The molecule has 0 N–H and O–H groups in total. The molecule has 0 heterocycles. The van der Waals surface area contributed by atoms with E-state index in [9.17, 15) is 28.4 Å². The Balaban J connectivity index is 0.973. The number of hydrogen-bond acceptors (Lipinski definition) is 14. The Labute approximate surface area is 483 Å². The van der Waals surface area contributed by atoms with Crippen LogP contribution in [0.1, 0.15) is 97.0 Å². The van der Waals surface area contributed by atoms with Crippen molar-refractivity contribution in [3.8, 4) is 39.9 Å². The van der Waals surface area contributed by atoms with Crippen molar-refractivity contribution in [2.24, 2.45) is 10.2 Å². The van der Waals surface area contributed by atoms with Crippen molar-refractivity contribution in [3.63, 3.8) is 0 Å². The van der Waals surface area contributed by atoms with Gasteiger partial charge in [0.1, 0.15) is 34.4 Å². The summed E-state index contributed by atoms with van der Waals surface area (Å²) >= 11 is 0. The third-order valence-electron chi connectivity index (χ3n) is 13.1. The Kier molecular flexibility index (Phi) is 22.8. The van der Waals surface area contributed by atoms with Gasteiger partial charge in [0.15, 0.2) is 5.82 Å². The predicted molar refractivity (Wildman–Crippen MR) is 317 cm³/mol. The van der Waals surface area contributed by atoms with Gasteiger partial charge in [0, 0.05) is 41.7 Å². The van der Waals surface area contributed by atoms with Crippen molar-refractivity contribution in [2.75, 3.05) is 26.4 Å². The van der Waals surface area contributed by atoms with E-state index in [1.165, 1.54) is 12.1 Å². The third-order valence-corrected chi connectivity index (χ3v) is 13.1. The minimum Gasteiger partial charge on any atom is -0.494 e. The molecule has 428 valence electrons. The lowest BCUT2D eigenvalue weighted by Crippen LogP contribution is -2.11. The van der Waals surface area contributed by atoms with Crippen molar-refractivity contribution >= 4 is 58.1 Å². The van der Waals surface area contributed by atoms with Gasteiger partial charge < -0.3 is 33.2 Å². The number of rotatable bonds is 29. The molecule has 0 atom stereocenters. The second kappa shape index (κ2) is 30.9. The molecule has 0 bridgehead atoms. The molecule has 15 heteroatoms. The largest absolute Gasteiger partial charge is 0.494 e. The van der Waals surface area contributed by atoms with Crippen molar-refractivity contribution in [2.45, 2.75) is 85.5 Å². The zero-order valence-electron chi connectivity index (χ0n) is 47.2. The summed E-state index contributed by atoms with van der Waals surface area (Å²) in [7, 11) is 0. The van der Waals surface area contributed by atoms with Gasteiger partial charge in [-0.25, -0.2) is 23.6 Å². The summed E-state index contributed by atoms with van der Waals surface area (Å²) in [6.45, 7) is 15.7. The lowest BCUT2D eigenvalue weighted by molar-refractivity contribution is -0.139. The maximum absolute atomic E-state index is 14.8. The van der Waals surface area contributed by atoms with Crippen molar-refractivity contribution < 1.29 is 61.5 Å². The van der Waals surface area contributed by atoms with Gasteiger partial charge in [0.05, 0.1) is 37.7 Å². The van der Waals surface area contributed by atoms with Crippen LogP contribution in [-0.4, -0.2) is 56.3 Å². The monoisotopic (exact) mass is 1120 g/mol. The Hall–Kier alpha value is -9.50.